The number of methoxy groups -OCH3 is 1. The van der Waals surface area contributed by atoms with Crippen LogP contribution in [0.5, 0.6) is 5.75 Å². The number of piperazine rings is 1. The third kappa shape index (κ3) is 3.41. The highest BCUT2D eigenvalue weighted by Crippen LogP contribution is 2.21. The summed E-state index contributed by atoms with van der Waals surface area (Å²) in [5.41, 5.74) is 7.06. The summed E-state index contributed by atoms with van der Waals surface area (Å²) in [7, 11) is 1.69. The Balaban J connectivity index is 1.94. The second-order valence-corrected chi connectivity index (χ2v) is 5.52. The molecule has 1 unspecified atom stereocenters. The molecule has 110 valence electrons. The average Bonchev–Trinajstić information content (AvgIpc) is 2.48. The molecule has 0 amide bonds. The summed E-state index contributed by atoms with van der Waals surface area (Å²) >= 11 is 5.16. The van der Waals surface area contributed by atoms with Crippen molar-refractivity contribution in [3.8, 4) is 5.75 Å². The quantitative estimate of drug-likeness (QED) is 0.840. The molecular formula is C15H23N3OS. The van der Waals surface area contributed by atoms with Crippen LogP contribution in [0.4, 0.5) is 5.69 Å². The van der Waals surface area contributed by atoms with Crippen LogP contribution >= 0.6 is 12.2 Å². The predicted molar refractivity (Wildman–Crippen MR) is 87.6 cm³/mol. The van der Waals surface area contributed by atoms with E-state index in [1.807, 2.05) is 12.1 Å². The zero-order valence-electron chi connectivity index (χ0n) is 12.2. The van der Waals surface area contributed by atoms with Crippen molar-refractivity contribution >= 4 is 22.9 Å². The number of hydrogen-bond donors (Lipinski definition) is 1. The van der Waals surface area contributed by atoms with Crippen molar-refractivity contribution in [3.63, 3.8) is 0 Å². The van der Waals surface area contributed by atoms with Crippen LogP contribution in [-0.2, 0) is 0 Å². The van der Waals surface area contributed by atoms with Crippen molar-refractivity contribution in [3.05, 3.63) is 24.3 Å². The maximum atomic E-state index is 5.82. The molecular weight excluding hydrogens is 270 g/mol. The Morgan fingerprint density at radius 1 is 1.25 bits per heavy atom. The minimum atomic E-state index is 0.239. The Morgan fingerprint density at radius 3 is 2.30 bits per heavy atom. The summed E-state index contributed by atoms with van der Waals surface area (Å²) in [6, 6.07) is 8.47. The second-order valence-electron chi connectivity index (χ2n) is 5.05. The fraction of sp³-hybridized carbons (Fsp3) is 0.533. The van der Waals surface area contributed by atoms with Crippen LogP contribution in [0.3, 0.4) is 0 Å². The van der Waals surface area contributed by atoms with Gasteiger partial charge < -0.3 is 15.4 Å². The zero-order chi connectivity index (χ0) is 14.5. The lowest BCUT2D eigenvalue weighted by Crippen LogP contribution is -2.53. The van der Waals surface area contributed by atoms with Gasteiger partial charge in [-0.1, -0.05) is 19.1 Å². The maximum absolute atomic E-state index is 5.82. The highest BCUT2D eigenvalue weighted by Gasteiger charge is 2.24. The summed E-state index contributed by atoms with van der Waals surface area (Å²) in [5.74, 6) is 0.895. The van der Waals surface area contributed by atoms with Crippen LogP contribution in [0.25, 0.3) is 0 Å². The summed E-state index contributed by atoms with van der Waals surface area (Å²) in [6.45, 7) is 6.15. The van der Waals surface area contributed by atoms with Gasteiger partial charge >= 0.3 is 0 Å². The Morgan fingerprint density at radius 2 is 1.85 bits per heavy atom. The van der Waals surface area contributed by atoms with Gasteiger partial charge in [-0.15, -0.1) is 0 Å². The number of hydrogen-bond acceptors (Lipinski definition) is 4. The maximum Gasteiger partial charge on any atom is 0.119 e. The summed E-state index contributed by atoms with van der Waals surface area (Å²) in [5, 5.41) is 0. The topological polar surface area (TPSA) is 41.7 Å². The van der Waals surface area contributed by atoms with Crippen LogP contribution in [0.1, 0.15) is 13.3 Å². The lowest BCUT2D eigenvalue weighted by Gasteiger charge is -2.39. The third-order valence-corrected chi connectivity index (χ3v) is 4.18. The Kier molecular flexibility index (Phi) is 5.20. The number of ether oxygens (including phenoxy) is 1. The lowest BCUT2D eigenvalue weighted by molar-refractivity contribution is 0.224. The molecule has 2 N–H and O–H groups in total. The van der Waals surface area contributed by atoms with Crippen molar-refractivity contribution in [2.75, 3.05) is 38.2 Å². The van der Waals surface area contributed by atoms with Gasteiger partial charge in [-0.25, -0.2) is 0 Å². The first-order valence-corrected chi connectivity index (χ1v) is 7.49. The molecule has 1 aromatic carbocycles. The highest BCUT2D eigenvalue weighted by atomic mass is 32.1. The molecule has 2 rings (SSSR count). The van der Waals surface area contributed by atoms with Gasteiger partial charge in [-0.2, -0.15) is 0 Å². The van der Waals surface area contributed by atoms with Crippen LogP contribution in [0, 0.1) is 0 Å². The van der Waals surface area contributed by atoms with E-state index in [4.69, 9.17) is 22.7 Å². The van der Waals surface area contributed by atoms with E-state index in [9.17, 15) is 0 Å². The predicted octanol–water partition coefficient (Wildman–Crippen LogP) is 1.88. The fourth-order valence-corrected chi connectivity index (χ4v) is 3.04. The van der Waals surface area contributed by atoms with E-state index >= 15 is 0 Å². The molecule has 0 aromatic heterocycles. The molecule has 1 heterocycles. The molecule has 0 saturated carbocycles. The summed E-state index contributed by atoms with van der Waals surface area (Å²) in [6.07, 6.45) is 0.984. The summed E-state index contributed by atoms with van der Waals surface area (Å²) < 4.78 is 5.19. The molecule has 1 aliphatic heterocycles. The van der Waals surface area contributed by atoms with Crippen molar-refractivity contribution in [2.24, 2.45) is 5.73 Å². The van der Waals surface area contributed by atoms with Gasteiger partial charge in [0.1, 0.15) is 5.75 Å². The van der Waals surface area contributed by atoms with Gasteiger partial charge in [0.25, 0.3) is 0 Å². The number of nitrogens with zero attached hydrogens (tertiary/aromatic N) is 2. The molecule has 0 bridgehead atoms. The molecule has 0 radical (unpaired) electrons. The SMILES string of the molecule is CCC(C(N)=S)N1CCN(c2ccc(OC)cc2)CC1. The van der Waals surface area contributed by atoms with Crippen molar-refractivity contribution < 1.29 is 4.74 Å². The molecule has 20 heavy (non-hydrogen) atoms. The van der Waals surface area contributed by atoms with Gasteiger partial charge in [0, 0.05) is 31.9 Å². The number of anilines is 1. The first-order valence-electron chi connectivity index (χ1n) is 7.08. The van der Waals surface area contributed by atoms with Crippen molar-refractivity contribution in [1.82, 2.24) is 4.90 Å². The van der Waals surface area contributed by atoms with E-state index in [1.165, 1.54) is 5.69 Å². The van der Waals surface area contributed by atoms with Crippen LogP contribution in [0.15, 0.2) is 24.3 Å². The largest absolute Gasteiger partial charge is 0.497 e. The van der Waals surface area contributed by atoms with Crippen LogP contribution < -0.4 is 15.4 Å². The number of nitrogens with two attached hydrogens (primary N) is 1. The van der Waals surface area contributed by atoms with E-state index in [0.29, 0.717) is 4.99 Å². The van der Waals surface area contributed by atoms with Gasteiger partial charge in [-0.3, -0.25) is 4.90 Å². The average molecular weight is 293 g/mol. The molecule has 1 saturated heterocycles. The van der Waals surface area contributed by atoms with Gasteiger partial charge in [0.05, 0.1) is 18.1 Å². The van der Waals surface area contributed by atoms with Crippen molar-refractivity contribution in [2.45, 2.75) is 19.4 Å². The molecule has 1 atom stereocenters. The van der Waals surface area contributed by atoms with Gasteiger partial charge in [0.2, 0.25) is 0 Å². The Labute approximate surface area is 126 Å². The van der Waals surface area contributed by atoms with E-state index in [0.717, 1.165) is 38.3 Å². The van der Waals surface area contributed by atoms with Crippen LogP contribution in [-0.4, -0.2) is 49.2 Å². The third-order valence-electron chi connectivity index (χ3n) is 3.91. The molecule has 1 aromatic rings. The molecule has 0 spiro atoms. The van der Waals surface area contributed by atoms with E-state index in [1.54, 1.807) is 7.11 Å². The number of benzene rings is 1. The summed E-state index contributed by atoms with van der Waals surface area (Å²) in [4.78, 5) is 5.40. The normalized spacial score (nSPS) is 17.8. The molecule has 1 fully saturated rings. The fourth-order valence-electron chi connectivity index (χ4n) is 2.72. The van der Waals surface area contributed by atoms with Crippen LogP contribution in [0.2, 0.25) is 0 Å². The zero-order valence-corrected chi connectivity index (χ0v) is 13.0. The van der Waals surface area contributed by atoms with E-state index < -0.39 is 0 Å². The van der Waals surface area contributed by atoms with E-state index in [2.05, 4.69) is 28.9 Å². The van der Waals surface area contributed by atoms with Gasteiger partial charge in [0.15, 0.2) is 0 Å². The first-order chi connectivity index (χ1) is 9.65. The molecule has 0 aliphatic carbocycles. The number of rotatable bonds is 5. The second kappa shape index (κ2) is 6.90. The lowest BCUT2D eigenvalue weighted by atomic mass is 10.1. The standard InChI is InChI=1S/C15H23N3OS/c1-3-14(15(16)20)18-10-8-17(9-11-18)12-4-6-13(19-2)7-5-12/h4-7,14H,3,8-11H2,1-2H3,(H2,16,20). The monoisotopic (exact) mass is 293 g/mol. The number of thiocarbonyl (C=S) groups is 1. The molecule has 1 aliphatic rings. The Bertz CT molecular complexity index is 441. The van der Waals surface area contributed by atoms with Crippen molar-refractivity contribution in [1.29, 1.82) is 0 Å². The van der Waals surface area contributed by atoms with Gasteiger partial charge in [-0.05, 0) is 30.7 Å². The smallest absolute Gasteiger partial charge is 0.119 e. The molecule has 4 nitrogen and oxygen atoms in total. The highest BCUT2D eigenvalue weighted by molar-refractivity contribution is 7.80. The Hall–Kier alpha value is -1.33. The van der Waals surface area contributed by atoms with E-state index in [-0.39, 0.29) is 6.04 Å². The minimum absolute atomic E-state index is 0.239. The minimum Gasteiger partial charge on any atom is -0.497 e. The first kappa shape index (κ1) is 15.1. The molecule has 5 heteroatoms.